The van der Waals surface area contributed by atoms with E-state index in [0.29, 0.717) is 0 Å². The van der Waals surface area contributed by atoms with Crippen LogP contribution in [0.4, 0.5) is 0 Å². The summed E-state index contributed by atoms with van der Waals surface area (Å²) in [6, 6.07) is 8.45. The summed E-state index contributed by atoms with van der Waals surface area (Å²) in [7, 11) is 0. The van der Waals surface area contributed by atoms with E-state index in [1.165, 1.54) is 30.4 Å². The highest BCUT2D eigenvalue weighted by Crippen LogP contribution is 2.24. The molecule has 0 unspecified atom stereocenters. The lowest BCUT2D eigenvalue weighted by Crippen LogP contribution is -2.02. The Bertz CT molecular complexity index is 352. The molecule has 0 N–H and O–H groups in total. The number of ether oxygens (including phenoxy) is 1. The summed E-state index contributed by atoms with van der Waals surface area (Å²) in [6.45, 7) is 2.97. The first-order chi connectivity index (χ1) is 7.40. The van der Waals surface area contributed by atoms with E-state index in [1.807, 2.05) is 0 Å². The molecule has 15 heavy (non-hydrogen) atoms. The molecule has 1 heterocycles. The number of hydrogen-bond acceptors (Lipinski definition) is 1. The van der Waals surface area contributed by atoms with E-state index in [9.17, 15) is 0 Å². The molecule has 0 fully saturated rings. The molecule has 1 aromatic carbocycles. The number of allylic oxidation sites excluding steroid dienone is 1. The largest absolute Gasteiger partial charge is 0.493 e. The molecule has 0 bridgehead atoms. The molecule has 0 aromatic heterocycles. The lowest BCUT2D eigenvalue weighted by molar-refractivity contribution is 0.186. The van der Waals surface area contributed by atoms with Crippen molar-refractivity contribution >= 4 is 6.08 Å². The van der Waals surface area contributed by atoms with Crippen LogP contribution >= 0.6 is 0 Å². The average molecular weight is 202 g/mol. The molecule has 0 saturated carbocycles. The fourth-order valence-electron chi connectivity index (χ4n) is 1.89. The molecular weight excluding hydrogens is 184 g/mol. The fourth-order valence-corrected chi connectivity index (χ4v) is 1.89. The molecule has 1 nitrogen and oxygen atoms in total. The molecule has 0 atom stereocenters. The van der Waals surface area contributed by atoms with Gasteiger partial charge >= 0.3 is 0 Å². The van der Waals surface area contributed by atoms with Crippen molar-refractivity contribution in [2.45, 2.75) is 39.2 Å². The molecule has 0 radical (unpaired) electrons. The number of unbranched alkanes of at least 4 members (excludes halogenated alkanes) is 2. The molecule has 2 rings (SSSR count). The van der Waals surface area contributed by atoms with Gasteiger partial charge in [0.25, 0.3) is 0 Å². The third-order valence-corrected chi connectivity index (χ3v) is 2.81. The van der Waals surface area contributed by atoms with Crippen molar-refractivity contribution in [1.29, 1.82) is 0 Å². The predicted molar refractivity (Wildman–Crippen MR) is 63.4 cm³/mol. The molecule has 1 aliphatic heterocycles. The van der Waals surface area contributed by atoms with Crippen molar-refractivity contribution in [3.8, 4) is 0 Å². The van der Waals surface area contributed by atoms with Gasteiger partial charge in [0.1, 0.15) is 6.61 Å². The van der Waals surface area contributed by atoms with Gasteiger partial charge in [-0.1, -0.05) is 44.0 Å². The maximum absolute atomic E-state index is 5.71. The van der Waals surface area contributed by atoms with Crippen LogP contribution < -0.4 is 0 Å². The zero-order chi connectivity index (χ0) is 10.5. The number of benzene rings is 1. The van der Waals surface area contributed by atoms with Crippen LogP contribution in [0.1, 0.15) is 43.7 Å². The van der Waals surface area contributed by atoms with Crippen LogP contribution in [0.25, 0.3) is 6.08 Å². The molecule has 0 amide bonds. The summed E-state index contributed by atoms with van der Waals surface area (Å²) < 4.78 is 5.71. The van der Waals surface area contributed by atoms with Crippen molar-refractivity contribution in [3.05, 3.63) is 41.2 Å². The van der Waals surface area contributed by atoms with Crippen molar-refractivity contribution in [1.82, 2.24) is 0 Å². The van der Waals surface area contributed by atoms with Gasteiger partial charge in [-0.3, -0.25) is 0 Å². The second-order valence-electron chi connectivity index (χ2n) is 4.06. The molecule has 1 aliphatic rings. The molecule has 1 aromatic rings. The number of rotatable bonds is 4. The van der Waals surface area contributed by atoms with Gasteiger partial charge < -0.3 is 4.74 Å². The average Bonchev–Trinajstić information content (AvgIpc) is 2.29. The smallest absolute Gasteiger partial charge is 0.113 e. The normalized spacial score (nSPS) is 14.1. The van der Waals surface area contributed by atoms with E-state index >= 15 is 0 Å². The van der Waals surface area contributed by atoms with Crippen LogP contribution in [0.2, 0.25) is 0 Å². The quantitative estimate of drug-likeness (QED) is 0.667. The van der Waals surface area contributed by atoms with Gasteiger partial charge in [-0.05, 0) is 23.6 Å². The summed E-state index contributed by atoms with van der Waals surface area (Å²) in [5.41, 5.74) is 2.63. The molecule has 80 valence electrons. The predicted octanol–water partition coefficient (Wildman–Crippen LogP) is 4.14. The van der Waals surface area contributed by atoms with Crippen LogP contribution in [-0.4, -0.2) is 0 Å². The Hall–Kier alpha value is -1.24. The van der Waals surface area contributed by atoms with E-state index < -0.39 is 0 Å². The molecule has 1 heteroatoms. The van der Waals surface area contributed by atoms with E-state index in [-0.39, 0.29) is 0 Å². The highest BCUT2D eigenvalue weighted by molar-refractivity contribution is 5.56. The topological polar surface area (TPSA) is 9.23 Å². The minimum absolute atomic E-state index is 0.744. The van der Waals surface area contributed by atoms with E-state index in [1.54, 1.807) is 0 Å². The van der Waals surface area contributed by atoms with Gasteiger partial charge in [-0.25, -0.2) is 0 Å². The third kappa shape index (κ3) is 2.62. The maximum Gasteiger partial charge on any atom is 0.113 e. The molecular formula is C14H18O. The standard InChI is InChI=1S/C14H18O/c1-2-3-4-9-14-10-12-7-5-6-8-13(12)11-15-14/h5-8,10H,2-4,9,11H2,1H3. The Balaban J connectivity index is 2.02. The summed E-state index contributed by atoms with van der Waals surface area (Å²) in [6.07, 6.45) is 7.08. The van der Waals surface area contributed by atoms with Crippen LogP contribution in [0.5, 0.6) is 0 Å². The minimum Gasteiger partial charge on any atom is -0.493 e. The van der Waals surface area contributed by atoms with Gasteiger partial charge in [0.2, 0.25) is 0 Å². The zero-order valence-electron chi connectivity index (χ0n) is 9.33. The second kappa shape index (κ2) is 5.01. The summed E-state index contributed by atoms with van der Waals surface area (Å²) in [5.74, 6) is 1.15. The Kier molecular flexibility index (Phi) is 3.44. The van der Waals surface area contributed by atoms with Gasteiger partial charge in [0, 0.05) is 6.42 Å². The van der Waals surface area contributed by atoms with Crippen molar-refractivity contribution in [3.63, 3.8) is 0 Å². The Morgan fingerprint density at radius 3 is 2.93 bits per heavy atom. The second-order valence-corrected chi connectivity index (χ2v) is 4.06. The van der Waals surface area contributed by atoms with Crippen LogP contribution in [0.3, 0.4) is 0 Å². The monoisotopic (exact) mass is 202 g/mol. The first-order valence-electron chi connectivity index (χ1n) is 5.81. The summed E-state index contributed by atoms with van der Waals surface area (Å²) in [5, 5.41) is 0. The third-order valence-electron chi connectivity index (χ3n) is 2.81. The van der Waals surface area contributed by atoms with E-state index in [4.69, 9.17) is 4.74 Å². The van der Waals surface area contributed by atoms with Crippen LogP contribution in [0, 0.1) is 0 Å². The highest BCUT2D eigenvalue weighted by Gasteiger charge is 2.09. The van der Waals surface area contributed by atoms with Gasteiger partial charge in [0.15, 0.2) is 0 Å². The number of hydrogen-bond donors (Lipinski definition) is 0. The Labute approximate surface area is 91.8 Å². The zero-order valence-corrected chi connectivity index (χ0v) is 9.33. The van der Waals surface area contributed by atoms with Crippen LogP contribution in [-0.2, 0) is 11.3 Å². The van der Waals surface area contributed by atoms with E-state index in [2.05, 4.69) is 37.3 Å². The minimum atomic E-state index is 0.744. The van der Waals surface area contributed by atoms with E-state index in [0.717, 1.165) is 18.8 Å². The summed E-state index contributed by atoms with van der Waals surface area (Å²) >= 11 is 0. The lowest BCUT2D eigenvalue weighted by atomic mass is 10.0. The van der Waals surface area contributed by atoms with Crippen molar-refractivity contribution < 1.29 is 4.74 Å². The van der Waals surface area contributed by atoms with Crippen LogP contribution in [0.15, 0.2) is 30.0 Å². The first-order valence-corrected chi connectivity index (χ1v) is 5.81. The fraction of sp³-hybridized carbons (Fsp3) is 0.429. The SMILES string of the molecule is CCCCCC1=Cc2ccccc2CO1. The highest BCUT2D eigenvalue weighted by atomic mass is 16.5. The lowest BCUT2D eigenvalue weighted by Gasteiger charge is -2.17. The van der Waals surface area contributed by atoms with Gasteiger partial charge in [-0.15, -0.1) is 0 Å². The summed E-state index contributed by atoms with van der Waals surface area (Å²) in [4.78, 5) is 0. The Morgan fingerprint density at radius 2 is 2.07 bits per heavy atom. The Morgan fingerprint density at radius 1 is 1.20 bits per heavy atom. The molecule has 0 spiro atoms. The van der Waals surface area contributed by atoms with Crippen molar-refractivity contribution in [2.24, 2.45) is 0 Å². The first kappa shape index (κ1) is 10.3. The maximum atomic E-state index is 5.71. The van der Waals surface area contributed by atoms with Gasteiger partial charge in [0.05, 0.1) is 5.76 Å². The number of fused-ring (bicyclic) bond motifs is 1. The molecule has 0 saturated heterocycles. The molecule has 0 aliphatic carbocycles. The van der Waals surface area contributed by atoms with Gasteiger partial charge in [-0.2, -0.15) is 0 Å². The van der Waals surface area contributed by atoms with Crippen molar-refractivity contribution in [2.75, 3.05) is 0 Å².